The van der Waals surface area contributed by atoms with E-state index in [4.69, 9.17) is 4.74 Å². The van der Waals surface area contributed by atoms with Gasteiger partial charge in [-0.2, -0.15) is 0 Å². The maximum absolute atomic E-state index is 13.1. The summed E-state index contributed by atoms with van der Waals surface area (Å²) in [7, 11) is 0. The van der Waals surface area contributed by atoms with Crippen molar-refractivity contribution in [2.24, 2.45) is 0 Å². The van der Waals surface area contributed by atoms with E-state index in [9.17, 15) is 9.18 Å². The number of carbonyl (C=O) groups is 1. The van der Waals surface area contributed by atoms with Crippen LogP contribution in [0.3, 0.4) is 0 Å². The van der Waals surface area contributed by atoms with Crippen LogP contribution >= 0.6 is 0 Å². The third kappa shape index (κ3) is 5.65. The van der Waals surface area contributed by atoms with E-state index >= 15 is 0 Å². The van der Waals surface area contributed by atoms with Crippen LogP contribution in [0.15, 0.2) is 48.5 Å². The Balaban J connectivity index is 1.28. The molecule has 0 unspecified atom stereocenters. The first kappa shape index (κ1) is 22.7. The van der Waals surface area contributed by atoms with E-state index in [1.54, 1.807) is 0 Å². The van der Waals surface area contributed by atoms with Gasteiger partial charge in [0.1, 0.15) is 5.82 Å². The lowest BCUT2D eigenvalue weighted by Crippen LogP contribution is -2.57. The molecule has 1 N–H and O–H groups in total. The van der Waals surface area contributed by atoms with Gasteiger partial charge in [-0.1, -0.05) is 12.1 Å². The van der Waals surface area contributed by atoms with Crippen LogP contribution in [0.2, 0.25) is 0 Å². The summed E-state index contributed by atoms with van der Waals surface area (Å²) in [6, 6.07) is 14.8. The lowest BCUT2D eigenvalue weighted by Gasteiger charge is -2.42. The number of ether oxygens (including phenoxy) is 1. The van der Waals surface area contributed by atoms with Crippen LogP contribution in [0.5, 0.6) is 0 Å². The number of hydrogen-bond acceptors (Lipinski definition) is 5. The number of nitrogens with one attached hydrogen (secondary N) is 1. The summed E-state index contributed by atoms with van der Waals surface area (Å²) in [6.07, 6.45) is 0. The molecule has 6 nitrogen and oxygen atoms in total. The third-order valence-electron chi connectivity index (χ3n) is 6.47. The van der Waals surface area contributed by atoms with Gasteiger partial charge in [-0.05, 0) is 55.8 Å². The number of amides is 1. The standard InChI is InChI=1S/C25H33FN4O2/c1-19-17-28(18-21-3-5-22(26)6-4-21)11-12-30(19)20(2)25(31)27-23-7-9-24(10-8-23)29-13-15-32-16-14-29/h3-10,19-20H,11-18H2,1-2H3,(H,27,31)/t19-,20+/m0/s1. The van der Waals surface area contributed by atoms with Crippen molar-refractivity contribution in [1.29, 1.82) is 0 Å². The molecule has 7 heteroatoms. The Morgan fingerprint density at radius 3 is 2.41 bits per heavy atom. The largest absolute Gasteiger partial charge is 0.378 e. The van der Waals surface area contributed by atoms with E-state index < -0.39 is 0 Å². The first-order valence-electron chi connectivity index (χ1n) is 11.5. The second-order valence-corrected chi connectivity index (χ2v) is 8.76. The molecule has 2 saturated heterocycles. The molecule has 0 bridgehead atoms. The first-order valence-corrected chi connectivity index (χ1v) is 11.5. The molecule has 0 radical (unpaired) electrons. The van der Waals surface area contributed by atoms with Gasteiger partial charge in [-0.25, -0.2) is 4.39 Å². The smallest absolute Gasteiger partial charge is 0.241 e. The van der Waals surface area contributed by atoms with Crippen molar-refractivity contribution in [2.45, 2.75) is 32.5 Å². The molecule has 2 aromatic carbocycles. The lowest BCUT2D eigenvalue weighted by molar-refractivity contribution is -0.122. The fourth-order valence-electron chi connectivity index (χ4n) is 4.59. The fourth-order valence-corrected chi connectivity index (χ4v) is 4.59. The van der Waals surface area contributed by atoms with E-state index in [2.05, 4.69) is 39.1 Å². The van der Waals surface area contributed by atoms with E-state index in [0.29, 0.717) is 0 Å². The molecule has 0 spiro atoms. The highest BCUT2D eigenvalue weighted by atomic mass is 19.1. The Kier molecular flexibility index (Phi) is 7.40. The second-order valence-electron chi connectivity index (χ2n) is 8.76. The van der Waals surface area contributed by atoms with Gasteiger partial charge in [0.15, 0.2) is 0 Å². The molecule has 32 heavy (non-hydrogen) atoms. The fraction of sp³-hybridized carbons (Fsp3) is 0.480. The summed E-state index contributed by atoms with van der Waals surface area (Å²) in [4.78, 5) is 19.8. The van der Waals surface area contributed by atoms with Crippen LogP contribution in [0.4, 0.5) is 15.8 Å². The molecule has 1 amide bonds. The zero-order valence-electron chi connectivity index (χ0n) is 19.0. The summed E-state index contributed by atoms with van der Waals surface area (Å²) in [6.45, 7) is 10.8. The summed E-state index contributed by atoms with van der Waals surface area (Å²) >= 11 is 0. The molecule has 2 atom stereocenters. The number of piperazine rings is 1. The molecule has 0 saturated carbocycles. The first-order chi connectivity index (χ1) is 15.5. The molecular weight excluding hydrogens is 407 g/mol. The predicted octanol–water partition coefficient (Wildman–Crippen LogP) is 3.20. The number of nitrogens with zero attached hydrogens (tertiary/aromatic N) is 3. The average molecular weight is 441 g/mol. The minimum absolute atomic E-state index is 0.0166. The van der Waals surface area contributed by atoms with Gasteiger partial charge >= 0.3 is 0 Å². The number of hydrogen-bond donors (Lipinski definition) is 1. The summed E-state index contributed by atoms with van der Waals surface area (Å²) in [5.74, 6) is -0.189. The number of halogens is 1. The van der Waals surface area contributed by atoms with Crippen LogP contribution in [0.1, 0.15) is 19.4 Å². The number of benzene rings is 2. The number of rotatable bonds is 6. The molecule has 0 aromatic heterocycles. The van der Waals surface area contributed by atoms with Gasteiger partial charge in [0.05, 0.1) is 19.3 Å². The minimum Gasteiger partial charge on any atom is -0.378 e. The molecule has 2 aliphatic heterocycles. The summed E-state index contributed by atoms with van der Waals surface area (Å²) in [5, 5.41) is 3.07. The zero-order chi connectivity index (χ0) is 22.5. The van der Waals surface area contributed by atoms with Gasteiger partial charge in [0.25, 0.3) is 0 Å². The third-order valence-corrected chi connectivity index (χ3v) is 6.47. The molecule has 0 aliphatic carbocycles. The normalized spacial score (nSPS) is 21.3. The van der Waals surface area contributed by atoms with E-state index in [1.807, 2.05) is 31.2 Å². The molecule has 4 rings (SSSR count). The van der Waals surface area contributed by atoms with E-state index in [0.717, 1.165) is 69.4 Å². The average Bonchev–Trinajstić information content (AvgIpc) is 2.81. The molecular formula is C25H33FN4O2. The van der Waals surface area contributed by atoms with Crippen LogP contribution in [0.25, 0.3) is 0 Å². The highest BCUT2D eigenvalue weighted by molar-refractivity contribution is 5.94. The van der Waals surface area contributed by atoms with Crippen molar-refractivity contribution in [2.75, 3.05) is 56.2 Å². The monoisotopic (exact) mass is 440 g/mol. The van der Waals surface area contributed by atoms with Crippen molar-refractivity contribution in [1.82, 2.24) is 9.80 Å². The minimum atomic E-state index is -0.211. The van der Waals surface area contributed by atoms with E-state index in [1.165, 1.54) is 12.1 Å². The van der Waals surface area contributed by atoms with E-state index in [-0.39, 0.29) is 23.8 Å². The Bertz CT molecular complexity index is 884. The lowest BCUT2D eigenvalue weighted by atomic mass is 10.1. The molecule has 2 fully saturated rings. The van der Waals surface area contributed by atoms with Gasteiger partial charge in [0.2, 0.25) is 5.91 Å². The van der Waals surface area contributed by atoms with Crippen molar-refractivity contribution < 1.29 is 13.9 Å². The topological polar surface area (TPSA) is 48.1 Å². The summed E-state index contributed by atoms with van der Waals surface area (Å²) < 4.78 is 18.6. The van der Waals surface area contributed by atoms with Gasteiger partial charge < -0.3 is 15.0 Å². The zero-order valence-corrected chi connectivity index (χ0v) is 19.0. The highest BCUT2D eigenvalue weighted by Crippen LogP contribution is 2.21. The number of carbonyl (C=O) groups excluding carboxylic acids is 1. The Labute approximate surface area is 189 Å². The Morgan fingerprint density at radius 1 is 1.06 bits per heavy atom. The quantitative estimate of drug-likeness (QED) is 0.748. The Morgan fingerprint density at radius 2 is 1.75 bits per heavy atom. The second kappa shape index (κ2) is 10.4. The van der Waals surface area contributed by atoms with Crippen molar-refractivity contribution in [3.05, 3.63) is 59.9 Å². The molecule has 2 aliphatic rings. The van der Waals surface area contributed by atoms with Gasteiger partial charge in [0, 0.05) is 56.7 Å². The van der Waals surface area contributed by atoms with Crippen LogP contribution in [-0.2, 0) is 16.1 Å². The molecule has 172 valence electrons. The maximum Gasteiger partial charge on any atom is 0.241 e. The van der Waals surface area contributed by atoms with Crippen LogP contribution in [0, 0.1) is 5.82 Å². The van der Waals surface area contributed by atoms with Gasteiger partial charge in [-0.3, -0.25) is 14.6 Å². The number of morpholine rings is 1. The van der Waals surface area contributed by atoms with Crippen LogP contribution < -0.4 is 10.2 Å². The number of anilines is 2. The highest BCUT2D eigenvalue weighted by Gasteiger charge is 2.30. The van der Waals surface area contributed by atoms with Crippen LogP contribution in [-0.4, -0.2) is 73.7 Å². The SMILES string of the molecule is C[C@H](C(=O)Nc1ccc(N2CCOCC2)cc1)N1CCN(Cc2ccc(F)cc2)C[C@@H]1C. The van der Waals surface area contributed by atoms with Crippen molar-refractivity contribution >= 4 is 17.3 Å². The van der Waals surface area contributed by atoms with Crippen molar-refractivity contribution in [3.8, 4) is 0 Å². The molecule has 2 aromatic rings. The van der Waals surface area contributed by atoms with Gasteiger partial charge in [-0.15, -0.1) is 0 Å². The summed E-state index contributed by atoms with van der Waals surface area (Å²) in [5.41, 5.74) is 3.09. The maximum atomic E-state index is 13.1. The molecule has 2 heterocycles. The Hall–Kier alpha value is -2.48. The predicted molar refractivity (Wildman–Crippen MR) is 125 cm³/mol. The van der Waals surface area contributed by atoms with Crippen molar-refractivity contribution in [3.63, 3.8) is 0 Å².